The molecule has 3 nitrogen and oxygen atoms in total. The van der Waals surface area contributed by atoms with Gasteiger partial charge in [0.05, 0.1) is 5.56 Å². The Morgan fingerprint density at radius 3 is 2.33 bits per heavy atom. The lowest BCUT2D eigenvalue weighted by molar-refractivity contribution is -0.140. The van der Waals surface area contributed by atoms with Gasteiger partial charge in [-0.25, -0.2) is 0 Å². The van der Waals surface area contributed by atoms with Gasteiger partial charge >= 0.3 is 12.1 Å². The third kappa shape index (κ3) is 7.47. The van der Waals surface area contributed by atoms with E-state index in [4.69, 9.17) is 5.11 Å². The van der Waals surface area contributed by atoms with E-state index in [1.165, 1.54) is 6.07 Å². The molecule has 3 rings (SSSR count). The molecule has 0 spiro atoms. The zero-order valence-corrected chi connectivity index (χ0v) is 21.3. The minimum absolute atomic E-state index is 0.0364. The highest BCUT2D eigenvalue weighted by Crippen LogP contribution is 2.41. The van der Waals surface area contributed by atoms with Gasteiger partial charge in [0, 0.05) is 28.2 Å². The first kappa shape index (κ1) is 27.5. The molecule has 0 heterocycles. The van der Waals surface area contributed by atoms with Gasteiger partial charge in [0.2, 0.25) is 0 Å². The van der Waals surface area contributed by atoms with Crippen molar-refractivity contribution in [2.45, 2.75) is 68.3 Å². The molecule has 0 aromatic heterocycles. The van der Waals surface area contributed by atoms with Gasteiger partial charge in [0.1, 0.15) is 0 Å². The van der Waals surface area contributed by atoms with Gasteiger partial charge in [-0.1, -0.05) is 55.9 Å². The number of carbonyl (C=O) groups is 2. The lowest BCUT2D eigenvalue weighted by atomic mass is 9.97. The van der Waals surface area contributed by atoms with Crippen LogP contribution < -0.4 is 0 Å². The van der Waals surface area contributed by atoms with Gasteiger partial charge in [-0.2, -0.15) is 13.2 Å². The van der Waals surface area contributed by atoms with Crippen LogP contribution in [-0.4, -0.2) is 16.9 Å². The maximum Gasteiger partial charge on any atom is 0.417 e. The summed E-state index contributed by atoms with van der Waals surface area (Å²) in [5, 5.41) is 8.87. The maximum atomic E-state index is 13.6. The molecule has 3 aromatic rings. The maximum absolute atomic E-state index is 13.6. The van der Waals surface area contributed by atoms with Crippen molar-refractivity contribution < 1.29 is 27.9 Å². The molecule has 0 radical (unpaired) electrons. The highest BCUT2D eigenvalue weighted by atomic mass is 32.2. The van der Waals surface area contributed by atoms with Crippen molar-refractivity contribution in [1.29, 1.82) is 0 Å². The summed E-state index contributed by atoms with van der Waals surface area (Å²) in [4.78, 5) is 24.4. The SMILES string of the molecule is Cc1cc(C(=O)CCc2cccc(Sc3cc(C(C)C)ccc3C(F)(F)F)c2)ccc1CCC(=O)O. The second-order valence-electron chi connectivity index (χ2n) is 9.12. The number of aliphatic carboxylic acids is 1. The third-order valence-electron chi connectivity index (χ3n) is 6.02. The number of ketones is 1. The predicted octanol–water partition coefficient (Wildman–Crippen LogP) is 8.12. The summed E-state index contributed by atoms with van der Waals surface area (Å²) in [6.45, 7) is 5.75. The Kier molecular flexibility index (Phi) is 9.01. The summed E-state index contributed by atoms with van der Waals surface area (Å²) in [6.07, 6.45) is -3.27. The van der Waals surface area contributed by atoms with E-state index in [0.29, 0.717) is 23.3 Å². The van der Waals surface area contributed by atoms with E-state index in [1.807, 2.05) is 32.9 Å². The number of benzene rings is 3. The van der Waals surface area contributed by atoms with Crippen molar-refractivity contribution in [1.82, 2.24) is 0 Å². The molecular weight excluding hydrogens is 485 g/mol. The second kappa shape index (κ2) is 11.8. The van der Waals surface area contributed by atoms with Crippen molar-refractivity contribution >= 4 is 23.5 Å². The lowest BCUT2D eigenvalue weighted by Crippen LogP contribution is -2.07. The molecular formula is C29H29F3O3S. The zero-order valence-electron chi connectivity index (χ0n) is 20.5. The van der Waals surface area contributed by atoms with Crippen LogP contribution in [0.25, 0.3) is 0 Å². The highest BCUT2D eigenvalue weighted by molar-refractivity contribution is 7.99. The van der Waals surface area contributed by atoms with Gasteiger partial charge in [0.15, 0.2) is 5.78 Å². The van der Waals surface area contributed by atoms with E-state index in [2.05, 4.69) is 0 Å². The molecule has 0 saturated heterocycles. The van der Waals surface area contributed by atoms with Crippen LogP contribution in [0.15, 0.2) is 70.5 Å². The first-order valence-electron chi connectivity index (χ1n) is 11.8. The molecule has 3 aromatic carbocycles. The smallest absolute Gasteiger partial charge is 0.417 e. The Labute approximate surface area is 213 Å². The van der Waals surface area contributed by atoms with E-state index in [0.717, 1.165) is 40.1 Å². The lowest BCUT2D eigenvalue weighted by Gasteiger charge is -2.16. The first-order valence-corrected chi connectivity index (χ1v) is 12.6. The number of Topliss-reactive ketones (excluding diaryl/α,β-unsaturated/α-hetero) is 1. The molecule has 0 aliphatic carbocycles. The number of carboxylic acids is 1. The van der Waals surface area contributed by atoms with Gasteiger partial charge in [0.25, 0.3) is 0 Å². The number of hydrogen-bond acceptors (Lipinski definition) is 3. The molecule has 0 aliphatic heterocycles. The van der Waals surface area contributed by atoms with Crippen LogP contribution in [0.2, 0.25) is 0 Å². The Balaban J connectivity index is 1.71. The minimum Gasteiger partial charge on any atom is -0.481 e. The number of hydrogen-bond donors (Lipinski definition) is 1. The van der Waals surface area contributed by atoms with E-state index < -0.39 is 17.7 Å². The first-order chi connectivity index (χ1) is 16.9. The fourth-order valence-electron chi connectivity index (χ4n) is 3.90. The quantitative estimate of drug-likeness (QED) is 0.278. The largest absolute Gasteiger partial charge is 0.481 e. The molecule has 1 N–H and O–H groups in total. The Bertz CT molecular complexity index is 1250. The van der Waals surface area contributed by atoms with E-state index in [-0.39, 0.29) is 29.4 Å². The fourth-order valence-corrected chi connectivity index (χ4v) is 5.00. The van der Waals surface area contributed by atoms with Gasteiger partial charge in [-0.05, 0) is 78.3 Å². The van der Waals surface area contributed by atoms with E-state index >= 15 is 0 Å². The fraction of sp³-hybridized carbons (Fsp3) is 0.310. The van der Waals surface area contributed by atoms with Crippen LogP contribution in [0.5, 0.6) is 0 Å². The standard InChI is InChI=1S/C29H29F3O3S/c1-18(2)22-10-12-25(29(30,31)32)27(17-22)36-24-6-4-5-20(16-24)7-13-26(33)23-9-8-21(19(3)15-23)11-14-28(34)35/h4-6,8-10,12,15-18H,7,11,13-14H2,1-3H3,(H,34,35). The van der Waals surface area contributed by atoms with Crippen LogP contribution in [0, 0.1) is 6.92 Å². The van der Waals surface area contributed by atoms with Crippen molar-refractivity contribution in [2.75, 3.05) is 0 Å². The van der Waals surface area contributed by atoms with Crippen LogP contribution >= 0.6 is 11.8 Å². The number of halogens is 3. The molecule has 0 fully saturated rings. The number of aryl methyl sites for hydroxylation is 3. The molecule has 0 unspecified atom stereocenters. The summed E-state index contributed by atoms with van der Waals surface area (Å²) in [5.41, 5.74) is 3.41. The summed E-state index contributed by atoms with van der Waals surface area (Å²) in [5.74, 6) is -0.791. The minimum atomic E-state index is -4.44. The monoisotopic (exact) mass is 514 g/mol. The topological polar surface area (TPSA) is 54.4 Å². The summed E-state index contributed by atoms with van der Waals surface area (Å²) in [7, 11) is 0. The van der Waals surface area contributed by atoms with Gasteiger partial charge in [-0.3, -0.25) is 9.59 Å². The van der Waals surface area contributed by atoms with E-state index in [1.54, 1.807) is 36.4 Å². The average molecular weight is 515 g/mol. The molecule has 0 atom stereocenters. The molecule has 0 aliphatic rings. The van der Waals surface area contributed by atoms with E-state index in [9.17, 15) is 22.8 Å². The summed E-state index contributed by atoms with van der Waals surface area (Å²) >= 11 is 1.08. The van der Waals surface area contributed by atoms with Crippen molar-refractivity contribution in [3.63, 3.8) is 0 Å². The van der Waals surface area contributed by atoms with Crippen molar-refractivity contribution in [3.8, 4) is 0 Å². The predicted molar refractivity (Wildman–Crippen MR) is 136 cm³/mol. The third-order valence-corrected chi connectivity index (χ3v) is 7.06. The Hall–Kier alpha value is -3.06. The molecule has 0 amide bonds. The highest BCUT2D eigenvalue weighted by Gasteiger charge is 2.33. The van der Waals surface area contributed by atoms with Crippen LogP contribution in [0.3, 0.4) is 0 Å². The number of carbonyl (C=O) groups excluding carboxylic acids is 1. The van der Waals surface area contributed by atoms with Crippen molar-refractivity contribution in [2.24, 2.45) is 0 Å². The zero-order chi connectivity index (χ0) is 26.5. The molecule has 0 saturated carbocycles. The molecule has 190 valence electrons. The molecule has 36 heavy (non-hydrogen) atoms. The Morgan fingerprint density at radius 2 is 1.69 bits per heavy atom. The number of alkyl halides is 3. The van der Waals surface area contributed by atoms with Crippen LogP contribution in [-0.2, 0) is 23.8 Å². The average Bonchev–Trinajstić information content (AvgIpc) is 2.81. The Morgan fingerprint density at radius 1 is 0.944 bits per heavy atom. The summed E-state index contributed by atoms with van der Waals surface area (Å²) in [6, 6.07) is 16.9. The summed E-state index contributed by atoms with van der Waals surface area (Å²) < 4.78 is 40.8. The molecule has 7 heteroatoms. The van der Waals surface area contributed by atoms with Gasteiger partial charge < -0.3 is 5.11 Å². The molecule has 0 bridgehead atoms. The number of rotatable bonds is 10. The van der Waals surface area contributed by atoms with Crippen LogP contribution in [0.4, 0.5) is 13.2 Å². The van der Waals surface area contributed by atoms with Crippen LogP contribution in [0.1, 0.15) is 70.8 Å². The number of carboxylic acid groups (broad SMARTS) is 1. The van der Waals surface area contributed by atoms with Gasteiger partial charge in [-0.15, -0.1) is 0 Å². The van der Waals surface area contributed by atoms with Crippen molar-refractivity contribution in [3.05, 3.63) is 94.0 Å². The second-order valence-corrected chi connectivity index (χ2v) is 10.2. The normalized spacial score (nSPS) is 11.6.